The van der Waals surface area contributed by atoms with Crippen LogP contribution in [0.3, 0.4) is 0 Å². The van der Waals surface area contributed by atoms with E-state index in [2.05, 4.69) is 5.32 Å². The number of rotatable bonds is 6. The van der Waals surface area contributed by atoms with Gasteiger partial charge in [0.25, 0.3) is 5.91 Å². The summed E-state index contributed by atoms with van der Waals surface area (Å²) < 4.78 is 0. The molecule has 0 unspecified atom stereocenters. The van der Waals surface area contributed by atoms with E-state index in [0.29, 0.717) is 0 Å². The summed E-state index contributed by atoms with van der Waals surface area (Å²) in [6, 6.07) is 17.5. The van der Waals surface area contributed by atoms with Gasteiger partial charge in [-0.2, -0.15) is 0 Å². The fourth-order valence-electron chi connectivity index (χ4n) is 2.90. The number of fused-ring (bicyclic) bond motifs is 1. The van der Waals surface area contributed by atoms with Gasteiger partial charge in [0, 0.05) is 12.0 Å². The molecule has 0 heterocycles. The molecule has 0 aliphatic carbocycles. The molecule has 1 amide bonds. The first-order chi connectivity index (χ1) is 13.0. The molecule has 0 bridgehead atoms. The maximum Gasteiger partial charge on any atom is 0.335 e. The van der Waals surface area contributed by atoms with Gasteiger partial charge in [0.2, 0.25) is 0 Å². The Morgan fingerprint density at radius 1 is 0.815 bits per heavy atom. The molecule has 3 aromatic rings. The first kappa shape index (κ1) is 18.1. The molecule has 3 rings (SSSR count). The molecule has 1 atom stereocenters. The van der Waals surface area contributed by atoms with Crippen molar-refractivity contribution in [2.75, 3.05) is 0 Å². The van der Waals surface area contributed by atoms with Crippen molar-refractivity contribution >= 4 is 28.6 Å². The lowest BCUT2D eigenvalue weighted by atomic mass is 9.98. The van der Waals surface area contributed by atoms with Crippen molar-refractivity contribution in [1.29, 1.82) is 0 Å². The summed E-state index contributed by atoms with van der Waals surface area (Å²) in [5.74, 6) is -2.81. The van der Waals surface area contributed by atoms with Crippen LogP contribution in [-0.4, -0.2) is 34.1 Å². The molecular formula is C21H17NO5. The highest BCUT2D eigenvalue weighted by molar-refractivity contribution is 5.98. The SMILES string of the molecule is O=C(O)c1ccc(C(=O)N[C@@H](Cc2cccc3ccccc23)C(=O)O)cc1. The highest BCUT2D eigenvalue weighted by atomic mass is 16.4. The first-order valence-electron chi connectivity index (χ1n) is 8.29. The number of carbonyl (C=O) groups excluding carboxylic acids is 1. The molecule has 0 saturated carbocycles. The van der Waals surface area contributed by atoms with Gasteiger partial charge in [0.05, 0.1) is 5.56 Å². The van der Waals surface area contributed by atoms with Crippen molar-refractivity contribution in [2.45, 2.75) is 12.5 Å². The Bertz CT molecular complexity index is 1010. The lowest BCUT2D eigenvalue weighted by Crippen LogP contribution is -2.42. The summed E-state index contributed by atoms with van der Waals surface area (Å²) in [6.45, 7) is 0. The van der Waals surface area contributed by atoms with Crippen LogP contribution in [0, 0.1) is 0 Å². The van der Waals surface area contributed by atoms with Crippen molar-refractivity contribution in [1.82, 2.24) is 5.32 Å². The van der Waals surface area contributed by atoms with Crippen LogP contribution in [0.15, 0.2) is 66.7 Å². The van der Waals surface area contributed by atoms with Gasteiger partial charge in [-0.25, -0.2) is 9.59 Å². The van der Waals surface area contributed by atoms with Gasteiger partial charge in [-0.05, 0) is 40.6 Å². The molecule has 0 spiro atoms. The molecule has 0 saturated heterocycles. The van der Waals surface area contributed by atoms with Crippen LogP contribution in [0.25, 0.3) is 10.8 Å². The van der Waals surface area contributed by atoms with Crippen molar-refractivity contribution in [3.05, 3.63) is 83.4 Å². The summed E-state index contributed by atoms with van der Waals surface area (Å²) in [4.78, 5) is 34.9. The average molecular weight is 363 g/mol. The van der Waals surface area contributed by atoms with Gasteiger partial charge < -0.3 is 15.5 Å². The number of carboxylic acids is 2. The van der Waals surface area contributed by atoms with E-state index in [1.807, 2.05) is 42.5 Å². The molecule has 0 aromatic heterocycles. The van der Waals surface area contributed by atoms with E-state index in [1.165, 1.54) is 24.3 Å². The zero-order chi connectivity index (χ0) is 19.4. The second-order valence-corrected chi connectivity index (χ2v) is 6.09. The van der Waals surface area contributed by atoms with Crippen LogP contribution in [0.2, 0.25) is 0 Å². The Hall–Kier alpha value is -3.67. The number of aromatic carboxylic acids is 1. The molecular weight excluding hydrogens is 346 g/mol. The number of aliphatic carboxylic acids is 1. The van der Waals surface area contributed by atoms with Gasteiger partial charge in [-0.15, -0.1) is 0 Å². The molecule has 136 valence electrons. The summed E-state index contributed by atoms with van der Waals surface area (Å²) in [5, 5.41) is 22.9. The van der Waals surface area contributed by atoms with Crippen molar-refractivity contribution < 1.29 is 24.6 Å². The van der Waals surface area contributed by atoms with Crippen molar-refractivity contribution in [3.8, 4) is 0 Å². The van der Waals surface area contributed by atoms with Crippen LogP contribution in [-0.2, 0) is 11.2 Å². The molecule has 6 heteroatoms. The second kappa shape index (κ2) is 7.70. The molecule has 0 aliphatic rings. The predicted octanol–water partition coefficient (Wildman–Crippen LogP) is 2.96. The maximum atomic E-state index is 12.4. The van der Waals surface area contributed by atoms with Crippen LogP contribution < -0.4 is 5.32 Å². The lowest BCUT2D eigenvalue weighted by Gasteiger charge is -2.16. The highest BCUT2D eigenvalue weighted by Gasteiger charge is 2.22. The summed E-state index contributed by atoms with van der Waals surface area (Å²) in [6.07, 6.45) is 0.135. The van der Waals surface area contributed by atoms with Gasteiger partial charge in [0.1, 0.15) is 6.04 Å². The van der Waals surface area contributed by atoms with E-state index in [-0.39, 0.29) is 17.5 Å². The third kappa shape index (κ3) is 4.12. The van der Waals surface area contributed by atoms with E-state index >= 15 is 0 Å². The molecule has 27 heavy (non-hydrogen) atoms. The quantitative estimate of drug-likeness (QED) is 0.625. The van der Waals surface area contributed by atoms with Crippen LogP contribution in [0.1, 0.15) is 26.3 Å². The Morgan fingerprint density at radius 3 is 2.11 bits per heavy atom. The number of amides is 1. The molecule has 0 radical (unpaired) electrons. The van der Waals surface area contributed by atoms with E-state index in [9.17, 15) is 19.5 Å². The largest absolute Gasteiger partial charge is 0.480 e. The third-order valence-electron chi connectivity index (χ3n) is 4.30. The van der Waals surface area contributed by atoms with E-state index in [0.717, 1.165) is 16.3 Å². The minimum atomic E-state index is -1.14. The number of benzene rings is 3. The lowest BCUT2D eigenvalue weighted by molar-refractivity contribution is -0.139. The summed E-state index contributed by atoms with van der Waals surface area (Å²) in [7, 11) is 0. The smallest absolute Gasteiger partial charge is 0.335 e. The second-order valence-electron chi connectivity index (χ2n) is 6.09. The molecule has 3 aromatic carbocycles. The Balaban J connectivity index is 1.80. The predicted molar refractivity (Wildman–Crippen MR) is 99.9 cm³/mol. The Labute approximate surface area is 155 Å². The molecule has 0 aliphatic heterocycles. The maximum absolute atomic E-state index is 12.4. The molecule has 3 N–H and O–H groups in total. The molecule has 6 nitrogen and oxygen atoms in total. The van der Waals surface area contributed by atoms with Crippen molar-refractivity contribution in [3.63, 3.8) is 0 Å². The topological polar surface area (TPSA) is 104 Å². The monoisotopic (exact) mass is 363 g/mol. The van der Waals surface area contributed by atoms with Gasteiger partial charge in [-0.3, -0.25) is 4.79 Å². The molecule has 0 fully saturated rings. The van der Waals surface area contributed by atoms with E-state index in [1.54, 1.807) is 0 Å². The number of nitrogens with one attached hydrogen (secondary N) is 1. The normalized spacial score (nSPS) is 11.7. The first-order valence-corrected chi connectivity index (χ1v) is 8.29. The van der Waals surface area contributed by atoms with Crippen molar-refractivity contribution in [2.24, 2.45) is 0 Å². The number of hydrogen-bond donors (Lipinski definition) is 3. The van der Waals surface area contributed by atoms with Crippen LogP contribution >= 0.6 is 0 Å². The van der Waals surface area contributed by atoms with Gasteiger partial charge >= 0.3 is 11.9 Å². The van der Waals surface area contributed by atoms with Gasteiger partial charge in [-0.1, -0.05) is 42.5 Å². The van der Waals surface area contributed by atoms with E-state index in [4.69, 9.17) is 5.11 Å². The summed E-state index contributed by atoms with van der Waals surface area (Å²) in [5.41, 5.74) is 1.07. The number of carboxylic acid groups (broad SMARTS) is 2. The third-order valence-corrected chi connectivity index (χ3v) is 4.30. The zero-order valence-corrected chi connectivity index (χ0v) is 14.3. The zero-order valence-electron chi connectivity index (χ0n) is 14.3. The fourth-order valence-corrected chi connectivity index (χ4v) is 2.90. The minimum absolute atomic E-state index is 0.0529. The van der Waals surface area contributed by atoms with E-state index < -0.39 is 23.9 Å². The average Bonchev–Trinajstić information content (AvgIpc) is 2.67. The Kier molecular flexibility index (Phi) is 5.17. The van der Waals surface area contributed by atoms with Crippen LogP contribution in [0.5, 0.6) is 0 Å². The fraction of sp³-hybridized carbons (Fsp3) is 0.0952. The highest BCUT2D eigenvalue weighted by Crippen LogP contribution is 2.20. The standard InChI is InChI=1S/C21H17NO5/c23-19(14-8-10-15(11-9-14)20(24)25)22-18(21(26)27)12-16-6-3-5-13-4-1-2-7-17(13)16/h1-11,18H,12H2,(H,22,23)(H,24,25)(H,26,27)/t18-/m0/s1. The Morgan fingerprint density at radius 2 is 1.44 bits per heavy atom. The number of hydrogen-bond acceptors (Lipinski definition) is 3. The van der Waals surface area contributed by atoms with Crippen LogP contribution in [0.4, 0.5) is 0 Å². The summed E-state index contributed by atoms with van der Waals surface area (Å²) >= 11 is 0. The number of carbonyl (C=O) groups is 3. The minimum Gasteiger partial charge on any atom is -0.480 e. The van der Waals surface area contributed by atoms with Gasteiger partial charge in [0.15, 0.2) is 0 Å².